The molecule has 1 heterocycles. The van der Waals surface area contributed by atoms with Crippen molar-refractivity contribution in [3.63, 3.8) is 0 Å². The maximum Gasteiger partial charge on any atom is 0.343 e. The summed E-state index contributed by atoms with van der Waals surface area (Å²) >= 11 is 0. The van der Waals surface area contributed by atoms with Crippen LogP contribution in [0.2, 0.25) is 36.3 Å². The van der Waals surface area contributed by atoms with Crippen LogP contribution in [0.3, 0.4) is 0 Å². The largest absolute Gasteiger partial charge is 0.493 e. The number of ketones is 1. The Morgan fingerprint density at radius 2 is 1.48 bits per heavy atom. The van der Waals surface area contributed by atoms with E-state index in [2.05, 4.69) is 113 Å². The first-order chi connectivity index (χ1) is 26.0. The lowest BCUT2D eigenvalue weighted by atomic mass is 9.87. The second-order valence-corrected chi connectivity index (χ2v) is 28.7. The molecule has 2 aromatic rings. The molecule has 1 unspecified atom stereocenters. The maximum atomic E-state index is 14.4. The van der Waals surface area contributed by atoms with Gasteiger partial charge in [0, 0.05) is 12.3 Å². The van der Waals surface area contributed by atoms with Crippen LogP contribution in [0.5, 0.6) is 11.5 Å². The van der Waals surface area contributed by atoms with Gasteiger partial charge in [-0.1, -0.05) is 112 Å². The number of carbonyl (C=O) groups excluding carboxylic acids is 2. The van der Waals surface area contributed by atoms with Crippen molar-refractivity contribution in [3.8, 4) is 11.5 Å². The molecule has 3 rings (SSSR count). The summed E-state index contributed by atoms with van der Waals surface area (Å²) in [7, 11) is -4.54. The third kappa shape index (κ3) is 12.3. The van der Waals surface area contributed by atoms with E-state index in [4.69, 9.17) is 27.8 Å². The fourth-order valence-electron chi connectivity index (χ4n) is 6.62. The summed E-state index contributed by atoms with van der Waals surface area (Å²) in [5, 5.41) is -0.0964. The molecule has 0 saturated carbocycles. The molecule has 1 fully saturated rings. The van der Waals surface area contributed by atoms with Crippen LogP contribution in [0, 0.1) is 11.8 Å². The molecular formula is C46H76O8Si2. The smallest absolute Gasteiger partial charge is 0.343 e. The maximum absolute atomic E-state index is 14.4. The number of ether oxygens (including phenoxy) is 4. The van der Waals surface area contributed by atoms with Crippen molar-refractivity contribution >= 4 is 28.4 Å². The number of carbonyl (C=O) groups is 2. The standard InChI is InChI=1S/C46H76O8Si2/c1-16-22-35(38(47)30-41(54-56(14,15)45(9,10)11)46(40(17-2)53-46)43(48)49-18-3)27-28-50-39-26-25-36(29-33(4)5)42(51-31-34-23-20-19-21-24-34)37(39)32-52-55(12,13)44(6,7)8/h19-21,23-26,33,35,40-41H,16-18,22,27-32H2,1-15H3/t35-,40-,41+,46?/m0/s1. The predicted octanol–water partition coefficient (Wildman–Crippen LogP) is 11.6. The molecule has 4 atom stereocenters. The van der Waals surface area contributed by atoms with Crippen molar-refractivity contribution in [2.24, 2.45) is 11.8 Å². The van der Waals surface area contributed by atoms with Gasteiger partial charge in [-0.25, -0.2) is 4.79 Å². The number of rotatable bonds is 23. The minimum absolute atomic E-state index is 0.0308. The molecule has 1 aliphatic heterocycles. The fraction of sp³-hybridized carbons (Fsp3) is 0.696. The minimum atomic E-state index is -2.41. The Bertz CT molecular complexity index is 1560. The highest BCUT2D eigenvalue weighted by molar-refractivity contribution is 6.74. The Kier molecular flexibility index (Phi) is 17.1. The lowest BCUT2D eigenvalue weighted by Crippen LogP contribution is -2.52. The van der Waals surface area contributed by atoms with Crippen LogP contribution in [0.15, 0.2) is 42.5 Å². The molecule has 56 heavy (non-hydrogen) atoms. The average Bonchev–Trinajstić information content (AvgIpc) is 3.85. The molecule has 316 valence electrons. The summed E-state index contributed by atoms with van der Waals surface area (Å²) in [6, 6.07) is 14.4. The second-order valence-electron chi connectivity index (χ2n) is 19.1. The predicted molar refractivity (Wildman–Crippen MR) is 232 cm³/mol. The zero-order valence-corrected chi connectivity index (χ0v) is 39.7. The van der Waals surface area contributed by atoms with Gasteiger partial charge in [0.25, 0.3) is 0 Å². The average molecular weight is 813 g/mol. The van der Waals surface area contributed by atoms with Crippen LogP contribution in [-0.2, 0) is 47.5 Å². The number of Topliss-reactive ketones (excluding diaryl/α,β-unsaturated/α-hetero) is 1. The van der Waals surface area contributed by atoms with Crippen LogP contribution in [0.4, 0.5) is 0 Å². The van der Waals surface area contributed by atoms with E-state index < -0.39 is 34.3 Å². The van der Waals surface area contributed by atoms with Crippen molar-refractivity contribution in [2.75, 3.05) is 13.2 Å². The highest BCUT2D eigenvalue weighted by Gasteiger charge is 2.69. The van der Waals surface area contributed by atoms with E-state index in [0.29, 0.717) is 45.0 Å². The highest BCUT2D eigenvalue weighted by atomic mass is 28.4. The molecule has 2 aromatic carbocycles. The number of hydrogen-bond acceptors (Lipinski definition) is 8. The summed E-state index contributed by atoms with van der Waals surface area (Å²) < 4.78 is 38.9. The molecule has 8 nitrogen and oxygen atoms in total. The van der Waals surface area contributed by atoms with E-state index in [1.165, 1.54) is 0 Å². The van der Waals surface area contributed by atoms with E-state index in [9.17, 15) is 9.59 Å². The molecule has 10 heteroatoms. The summed E-state index contributed by atoms with van der Waals surface area (Å²) in [4.78, 5) is 28.0. The van der Waals surface area contributed by atoms with Gasteiger partial charge >= 0.3 is 5.97 Å². The monoisotopic (exact) mass is 813 g/mol. The van der Waals surface area contributed by atoms with E-state index in [1.54, 1.807) is 6.92 Å². The molecule has 0 bridgehead atoms. The summed E-state index contributed by atoms with van der Waals surface area (Å²) in [6.45, 7) is 33.8. The van der Waals surface area contributed by atoms with Gasteiger partial charge in [0.15, 0.2) is 16.6 Å². The van der Waals surface area contributed by atoms with E-state index in [-0.39, 0.29) is 40.9 Å². The van der Waals surface area contributed by atoms with Gasteiger partial charge in [-0.2, -0.15) is 0 Å². The van der Waals surface area contributed by atoms with Crippen molar-refractivity contribution < 1.29 is 37.4 Å². The Balaban J connectivity index is 1.95. The van der Waals surface area contributed by atoms with Gasteiger partial charge in [0.2, 0.25) is 5.60 Å². The number of hydrogen-bond donors (Lipinski definition) is 0. The summed E-state index contributed by atoms with van der Waals surface area (Å²) in [5.41, 5.74) is 1.87. The summed E-state index contributed by atoms with van der Waals surface area (Å²) in [6.07, 6.45) is 2.58. The fourth-order valence-corrected chi connectivity index (χ4v) is 8.89. The van der Waals surface area contributed by atoms with Gasteiger partial charge in [0.1, 0.15) is 30.0 Å². The molecule has 0 amide bonds. The summed E-state index contributed by atoms with van der Waals surface area (Å²) in [5.74, 6) is 1.33. The third-order valence-corrected chi connectivity index (χ3v) is 21.1. The molecule has 0 aromatic heterocycles. The van der Waals surface area contributed by atoms with E-state index >= 15 is 0 Å². The van der Waals surface area contributed by atoms with Gasteiger partial charge in [-0.3, -0.25) is 4.79 Å². The Hall–Kier alpha value is -2.51. The van der Waals surface area contributed by atoms with E-state index in [0.717, 1.165) is 41.0 Å². The first-order valence-electron chi connectivity index (χ1n) is 21.2. The van der Waals surface area contributed by atoms with E-state index in [1.807, 2.05) is 25.1 Å². The SMILES string of the molecule is CCC[C@@H](CCOc1ccc(CC(C)C)c(OCc2ccccc2)c1CO[Si](C)(C)C(C)(C)C)C(=O)C[C@@H](O[Si](C)(C)C(C)(C)C)C1(C(=O)OCC)O[C@H]1CC. The quantitative estimate of drug-likeness (QED) is 0.0622. The number of esters is 1. The Morgan fingerprint density at radius 1 is 0.839 bits per heavy atom. The van der Waals surface area contributed by atoms with Gasteiger partial charge in [-0.05, 0) is 92.0 Å². The molecular weight excluding hydrogens is 737 g/mol. The number of epoxide rings is 1. The molecule has 0 N–H and O–H groups in total. The van der Waals surface area contributed by atoms with Gasteiger partial charge in [-0.15, -0.1) is 0 Å². The van der Waals surface area contributed by atoms with Crippen LogP contribution < -0.4 is 9.47 Å². The first-order valence-corrected chi connectivity index (χ1v) is 27.0. The lowest BCUT2D eigenvalue weighted by molar-refractivity contribution is -0.154. The van der Waals surface area contributed by atoms with Crippen molar-refractivity contribution in [3.05, 3.63) is 59.2 Å². The molecule has 1 aliphatic rings. The van der Waals surface area contributed by atoms with Crippen LogP contribution in [0.1, 0.15) is 125 Å². The van der Waals surface area contributed by atoms with Gasteiger partial charge < -0.3 is 27.8 Å². The zero-order valence-electron chi connectivity index (χ0n) is 37.7. The first kappa shape index (κ1) is 47.9. The molecule has 0 aliphatic carbocycles. The highest BCUT2D eigenvalue weighted by Crippen LogP contribution is 2.49. The topological polar surface area (TPSA) is 92.8 Å². The minimum Gasteiger partial charge on any atom is -0.493 e. The Morgan fingerprint density at radius 3 is 2.02 bits per heavy atom. The normalized spacial score (nSPS) is 18.8. The molecule has 0 spiro atoms. The van der Waals surface area contributed by atoms with Crippen molar-refractivity contribution in [1.82, 2.24) is 0 Å². The zero-order chi connectivity index (χ0) is 42.1. The van der Waals surface area contributed by atoms with Crippen molar-refractivity contribution in [2.45, 2.75) is 182 Å². The van der Waals surface area contributed by atoms with Crippen LogP contribution in [0.25, 0.3) is 0 Å². The lowest BCUT2D eigenvalue weighted by Gasteiger charge is -2.40. The third-order valence-electron chi connectivity index (χ3n) is 12.2. The second kappa shape index (κ2) is 20.0. The van der Waals surface area contributed by atoms with Gasteiger partial charge in [0.05, 0.1) is 31.5 Å². The molecule has 1 saturated heterocycles. The van der Waals surface area contributed by atoms with Crippen molar-refractivity contribution in [1.29, 1.82) is 0 Å². The van der Waals surface area contributed by atoms with Crippen LogP contribution in [-0.4, -0.2) is 59.4 Å². The molecule has 0 radical (unpaired) electrons. The number of benzene rings is 2. The Labute approximate surface area is 342 Å². The van der Waals surface area contributed by atoms with Crippen LogP contribution >= 0.6 is 0 Å².